The lowest BCUT2D eigenvalue weighted by atomic mass is 10.3. The van der Waals surface area contributed by atoms with Gasteiger partial charge in [-0.25, -0.2) is 0 Å². The van der Waals surface area contributed by atoms with E-state index in [9.17, 15) is 4.79 Å². The average Bonchev–Trinajstić information content (AvgIpc) is 3.10. The van der Waals surface area contributed by atoms with Crippen LogP contribution in [0.4, 0.5) is 11.5 Å². The maximum atomic E-state index is 12.2. The van der Waals surface area contributed by atoms with E-state index in [4.69, 9.17) is 4.74 Å². The molecule has 0 saturated carbocycles. The molecule has 24 heavy (non-hydrogen) atoms. The summed E-state index contributed by atoms with van der Waals surface area (Å²) in [6.07, 6.45) is 2.89. The Labute approximate surface area is 141 Å². The molecule has 1 N–H and O–H groups in total. The topological polar surface area (TPSA) is 67.3 Å². The maximum absolute atomic E-state index is 12.2. The van der Waals surface area contributed by atoms with E-state index in [0.29, 0.717) is 12.3 Å². The fourth-order valence-corrected chi connectivity index (χ4v) is 2.61. The molecule has 1 amide bonds. The molecular weight excluding hydrogens is 304 g/mol. The Morgan fingerprint density at radius 2 is 2.12 bits per heavy atom. The molecule has 2 heterocycles. The first-order valence-corrected chi connectivity index (χ1v) is 7.94. The molecule has 1 atom stereocenters. The molecule has 2 aromatic rings. The monoisotopic (exact) mass is 324 g/mol. The molecule has 3 rings (SSSR count). The number of nitrogens with zero attached hydrogens (tertiary/aromatic N) is 3. The van der Waals surface area contributed by atoms with Crippen LogP contribution in [0.2, 0.25) is 0 Å². The second-order valence-electron chi connectivity index (χ2n) is 5.58. The first-order valence-electron chi connectivity index (χ1n) is 7.94. The van der Waals surface area contributed by atoms with E-state index in [1.165, 1.54) is 0 Å². The zero-order chi connectivity index (χ0) is 16.8. The minimum atomic E-state index is -0.270. The molecule has 1 aliphatic rings. The Morgan fingerprint density at radius 1 is 1.29 bits per heavy atom. The van der Waals surface area contributed by atoms with Gasteiger partial charge in [0.05, 0.1) is 12.7 Å². The molecule has 1 aromatic carbocycles. The number of nitrogens with one attached hydrogen (secondary N) is 1. The van der Waals surface area contributed by atoms with Gasteiger partial charge in [0.2, 0.25) is 0 Å². The Hall–Kier alpha value is -2.73. The number of aromatic nitrogens is 2. The number of ether oxygens (including phenoxy) is 1. The van der Waals surface area contributed by atoms with Crippen molar-refractivity contribution < 1.29 is 9.53 Å². The van der Waals surface area contributed by atoms with Gasteiger partial charge < -0.3 is 15.0 Å². The standard InChI is InChI=1S/C18H20N4O2/c1-2-12-24-15-10-11-22(13-15)17-9-8-16(20-21-17)18(23)19-14-6-4-3-5-7-14/h2-9,15H,1,10-13H2,(H,19,23). The van der Waals surface area contributed by atoms with Crippen molar-refractivity contribution in [1.29, 1.82) is 0 Å². The van der Waals surface area contributed by atoms with Gasteiger partial charge in [-0.15, -0.1) is 16.8 Å². The van der Waals surface area contributed by atoms with E-state index in [1.807, 2.05) is 36.4 Å². The fraction of sp³-hybridized carbons (Fsp3) is 0.278. The zero-order valence-corrected chi connectivity index (χ0v) is 13.4. The van der Waals surface area contributed by atoms with E-state index < -0.39 is 0 Å². The number of hydrogen-bond acceptors (Lipinski definition) is 5. The summed E-state index contributed by atoms with van der Waals surface area (Å²) in [5.74, 6) is 0.491. The molecule has 0 spiro atoms. The summed E-state index contributed by atoms with van der Waals surface area (Å²) in [6.45, 7) is 5.86. The zero-order valence-electron chi connectivity index (χ0n) is 13.4. The number of benzene rings is 1. The summed E-state index contributed by atoms with van der Waals surface area (Å²) in [6, 6.07) is 12.8. The van der Waals surface area contributed by atoms with Crippen LogP contribution in [0, 0.1) is 0 Å². The molecule has 1 fully saturated rings. The third-order valence-corrected chi connectivity index (χ3v) is 3.83. The van der Waals surface area contributed by atoms with E-state index in [0.717, 1.165) is 31.0 Å². The first kappa shape index (κ1) is 16.1. The van der Waals surface area contributed by atoms with E-state index >= 15 is 0 Å². The van der Waals surface area contributed by atoms with Crippen molar-refractivity contribution in [1.82, 2.24) is 10.2 Å². The van der Waals surface area contributed by atoms with Crippen LogP contribution in [0.15, 0.2) is 55.1 Å². The summed E-state index contributed by atoms with van der Waals surface area (Å²) in [5.41, 5.74) is 1.02. The SMILES string of the molecule is C=CCOC1CCN(c2ccc(C(=O)Nc3ccccc3)nn2)C1. The van der Waals surface area contributed by atoms with Crippen LogP contribution in [0.25, 0.3) is 0 Å². The molecule has 124 valence electrons. The van der Waals surface area contributed by atoms with E-state index in [2.05, 4.69) is 27.0 Å². The van der Waals surface area contributed by atoms with Crippen LogP contribution in [-0.2, 0) is 4.74 Å². The Balaban J connectivity index is 1.59. The van der Waals surface area contributed by atoms with Gasteiger partial charge in [0.15, 0.2) is 11.5 Å². The molecular formula is C18H20N4O2. The van der Waals surface area contributed by atoms with Crippen molar-refractivity contribution in [2.45, 2.75) is 12.5 Å². The summed E-state index contributed by atoms with van der Waals surface area (Å²) in [5, 5.41) is 11.0. The predicted molar refractivity (Wildman–Crippen MR) is 93.2 cm³/mol. The molecule has 0 radical (unpaired) electrons. The minimum absolute atomic E-state index is 0.186. The van der Waals surface area contributed by atoms with Gasteiger partial charge in [0, 0.05) is 18.8 Å². The van der Waals surface area contributed by atoms with Crippen LogP contribution >= 0.6 is 0 Å². The normalized spacial score (nSPS) is 16.8. The smallest absolute Gasteiger partial charge is 0.276 e. The second kappa shape index (κ2) is 7.70. The van der Waals surface area contributed by atoms with Crippen molar-refractivity contribution in [3.05, 3.63) is 60.8 Å². The molecule has 6 heteroatoms. The maximum Gasteiger partial charge on any atom is 0.276 e. The van der Waals surface area contributed by atoms with Crippen molar-refractivity contribution in [3.8, 4) is 0 Å². The lowest BCUT2D eigenvalue weighted by Gasteiger charge is -2.16. The minimum Gasteiger partial charge on any atom is -0.372 e. The Bertz CT molecular complexity index is 688. The number of hydrogen-bond donors (Lipinski definition) is 1. The van der Waals surface area contributed by atoms with Crippen LogP contribution in [0.3, 0.4) is 0 Å². The molecule has 1 aliphatic heterocycles. The number of para-hydroxylation sites is 1. The van der Waals surface area contributed by atoms with Crippen molar-refractivity contribution in [2.75, 3.05) is 29.9 Å². The molecule has 1 unspecified atom stereocenters. The fourth-order valence-electron chi connectivity index (χ4n) is 2.61. The summed E-state index contributed by atoms with van der Waals surface area (Å²) < 4.78 is 5.66. The van der Waals surface area contributed by atoms with Crippen molar-refractivity contribution in [3.63, 3.8) is 0 Å². The van der Waals surface area contributed by atoms with Gasteiger partial charge in [-0.05, 0) is 30.7 Å². The number of carbonyl (C=O) groups excluding carboxylic acids is 1. The average molecular weight is 324 g/mol. The first-order chi connectivity index (χ1) is 11.8. The summed E-state index contributed by atoms with van der Waals surface area (Å²) >= 11 is 0. The molecule has 1 aromatic heterocycles. The lowest BCUT2D eigenvalue weighted by molar-refractivity contribution is 0.0908. The molecule has 0 aliphatic carbocycles. The Kier molecular flexibility index (Phi) is 5.18. The summed E-state index contributed by atoms with van der Waals surface area (Å²) in [4.78, 5) is 14.3. The predicted octanol–water partition coefficient (Wildman–Crippen LogP) is 2.51. The van der Waals surface area contributed by atoms with Gasteiger partial charge in [0.1, 0.15) is 0 Å². The molecule has 6 nitrogen and oxygen atoms in total. The third kappa shape index (κ3) is 3.97. The summed E-state index contributed by atoms with van der Waals surface area (Å²) in [7, 11) is 0. The van der Waals surface area contributed by atoms with Crippen LogP contribution in [0.1, 0.15) is 16.9 Å². The van der Waals surface area contributed by atoms with Gasteiger partial charge in [-0.3, -0.25) is 4.79 Å². The van der Waals surface area contributed by atoms with Crippen LogP contribution < -0.4 is 10.2 Å². The number of rotatable bonds is 6. The highest BCUT2D eigenvalue weighted by atomic mass is 16.5. The van der Waals surface area contributed by atoms with Gasteiger partial charge in [0.25, 0.3) is 5.91 Å². The highest BCUT2D eigenvalue weighted by Gasteiger charge is 2.24. The van der Waals surface area contributed by atoms with Crippen LogP contribution in [-0.4, -0.2) is 41.9 Å². The van der Waals surface area contributed by atoms with Gasteiger partial charge >= 0.3 is 0 Å². The highest BCUT2D eigenvalue weighted by molar-refractivity contribution is 6.02. The highest BCUT2D eigenvalue weighted by Crippen LogP contribution is 2.19. The number of carbonyl (C=O) groups is 1. The molecule has 1 saturated heterocycles. The largest absolute Gasteiger partial charge is 0.372 e. The van der Waals surface area contributed by atoms with Crippen LogP contribution in [0.5, 0.6) is 0 Å². The number of amides is 1. The number of anilines is 2. The van der Waals surface area contributed by atoms with Gasteiger partial charge in [-0.1, -0.05) is 24.3 Å². The van der Waals surface area contributed by atoms with Gasteiger partial charge in [-0.2, -0.15) is 0 Å². The quantitative estimate of drug-likeness (QED) is 0.827. The van der Waals surface area contributed by atoms with E-state index in [1.54, 1.807) is 12.1 Å². The molecule has 0 bridgehead atoms. The van der Waals surface area contributed by atoms with Crippen molar-refractivity contribution >= 4 is 17.4 Å². The van der Waals surface area contributed by atoms with E-state index in [-0.39, 0.29) is 12.0 Å². The Morgan fingerprint density at radius 3 is 2.83 bits per heavy atom. The second-order valence-corrected chi connectivity index (χ2v) is 5.58. The lowest BCUT2D eigenvalue weighted by Crippen LogP contribution is -2.24. The van der Waals surface area contributed by atoms with Crippen molar-refractivity contribution in [2.24, 2.45) is 0 Å². The third-order valence-electron chi connectivity index (χ3n) is 3.83.